The minimum absolute atomic E-state index is 0.329. The Balaban J connectivity index is 3.10. The van der Waals surface area contributed by atoms with Gasteiger partial charge in [0.25, 0.3) is 0 Å². The highest BCUT2D eigenvalue weighted by Crippen LogP contribution is 1.93. The Hall–Kier alpha value is -0.990. The van der Waals surface area contributed by atoms with E-state index < -0.39 is 0 Å². The standard InChI is InChI=1S/C8H15NO2/c1-3-4-5-6-7-9-11-8(2)10/h6-7,9H,3-5H2,1-2H3/b7-6-. The second-order valence-corrected chi connectivity index (χ2v) is 2.26. The predicted molar refractivity (Wildman–Crippen MR) is 43.6 cm³/mol. The van der Waals surface area contributed by atoms with E-state index >= 15 is 0 Å². The summed E-state index contributed by atoms with van der Waals surface area (Å²) >= 11 is 0. The minimum atomic E-state index is -0.329. The van der Waals surface area contributed by atoms with Crippen molar-refractivity contribution in [3.63, 3.8) is 0 Å². The first kappa shape index (κ1) is 10.0. The van der Waals surface area contributed by atoms with Gasteiger partial charge >= 0.3 is 5.97 Å². The van der Waals surface area contributed by atoms with E-state index in [1.165, 1.54) is 13.3 Å². The molecule has 64 valence electrons. The van der Waals surface area contributed by atoms with Crippen molar-refractivity contribution in [1.82, 2.24) is 5.48 Å². The molecule has 0 rings (SSSR count). The van der Waals surface area contributed by atoms with Gasteiger partial charge in [0.2, 0.25) is 0 Å². The highest BCUT2D eigenvalue weighted by Gasteiger charge is 1.84. The number of rotatable bonds is 5. The highest BCUT2D eigenvalue weighted by atomic mass is 16.7. The summed E-state index contributed by atoms with van der Waals surface area (Å²) in [6, 6.07) is 0. The van der Waals surface area contributed by atoms with Gasteiger partial charge in [-0.05, 0) is 6.42 Å². The minimum Gasteiger partial charge on any atom is -0.344 e. The van der Waals surface area contributed by atoms with Crippen molar-refractivity contribution in [3.8, 4) is 0 Å². The average molecular weight is 157 g/mol. The molecule has 0 saturated heterocycles. The molecule has 11 heavy (non-hydrogen) atoms. The van der Waals surface area contributed by atoms with Crippen molar-refractivity contribution in [2.45, 2.75) is 33.1 Å². The molecule has 0 heterocycles. The Morgan fingerprint density at radius 2 is 2.36 bits per heavy atom. The topological polar surface area (TPSA) is 38.3 Å². The fourth-order valence-corrected chi connectivity index (χ4v) is 0.570. The van der Waals surface area contributed by atoms with Crippen LogP contribution in [0.1, 0.15) is 33.1 Å². The number of allylic oxidation sites excluding steroid dienone is 1. The SMILES string of the molecule is CCCC/C=C\NOC(C)=O. The zero-order valence-electron chi connectivity index (χ0n) is 7.09. The molecule has 0 aromatic carbocycles. The molecule has 0 aromatic rings. The smallest absolute Gasteiger partial charge is 0.329 e. The summed E-state index contributed by atoms with van der Waals surface area (Å²) in [5.74, 6) is -0.329. The van der Waals surface area contributed by atoms with Gasteiger partial charge in [-0.25, -0.2) is 5.48 Å². The van der Waals surface area contributed by atoms with Crippen molar-refractivity contribution >= 4 is 5.97 Å². The number of hydrogen-bond acceptors (Lipinski definition) is 3. The van der Waals surface area contributed by atoms with Gasteiger partial charge in [0.15, 0.2) is 0 Å². The molecule has 0 atom stereocenters. The van der Waals surface area contributed by atoms with Crippen molar-refractivity contribution in [2.75, 3.05) is 0 Å². The van der Waals surface area contributed by atoms with E-state index in [0.717, 1.165) is 12.8 Å². The average Bonchev–Trinajstić information content (AvgIpc) is 1.96. The van der Waals surface area contributed by atoms with Crippen LogP contribution in [-0.4, -0.2) is 5.97 Å². The summed E-state index contributed by atoms with van der Waals surface area (Å²) in [6.45, 7) is 3.49. The van der Waals surface area contributed by atoms with E-state index in [4.69, 9.17) is 0 Å². The van der Waals surface area contributed by atoms with Crippen LogP contribution in [0, 0.1) is 0 Å². The van der Waals surface area contributed by atoms with Gasteiger partial charge in [0, 0.05) is 13.1 Å². The van der Waals surface area contributed by atoms with E-state index in [0.29, 0.717) is 0 Å². The van der Waals surface area contributed by atoms with Gasteiger partial charge in [0.1, 0.15) is 0 Å². The van der Waals surface area contributed by atoms with Crippen LogP contribution >= 0.6 is 0 Å². The zero-order chi connectivity index (χ0) is 8.53. The lowest BCUT2D eigenvalue weighted by atomic mass is 10.2. The fourth-order valence-electron chi connectivity index (χ4n) is 0.570. The van der Waals surface area contributed by atoms with Crippen molar-refractivity contribution in [1.29, 1.82) is 0 Å². The summed E-state index contributed by atoms with van der Waals surface area (Å²) in [5.41, 5.74) is 2.41. The normalized spacial score (nSPS) is 10.0. The summed E-state index contributed by atoms with van der Waals surface area (Å²) in [7, 11) is 0. The Morgan fingerprint density at radius 3 is 2.91 bits per heavy atom. The molecule has 1 N–H and O–H groups in total. The quantitative estimate of drug-likeness (QED) is 0.488. The lowest BCUT2D eigenvalue weighted by molar-refractivity contribution is -0.146. The lowest BCUT2D eigenvalue weighted by Crippen LogP contribution is -2.10. The van der Waals surface area contributed by atoms with Gasteiger partial charge in [-0.3, -0.25) is 4.79 Å². The summed E-state index contributed by atoms with van der Waals surface area (Å²) in [6.07, 6.45) is 6.93. The fraction of sp³-hybridized carbons (Fsp3) is 0.625. The van der Waals surface area contributed by atoms with Crippen LogP contribution < -0.4 is 5.48 Å². The number of carbonyl (C=O) groups is 1. The van der Waals surface area contributed by atoms with Crippen LogP contribution in [0.3, 0.4) is 0 Å². The third-order valence-corrected chi connectivity index (χ3v) is 1.11. The van der Waals surface area contributed by atoms with Gasteiger partial charge in [-0.2, -0.15) is 0 Å². The largest absolute Gasteiger partial charge is 0.344 e. The number of carbonyl (C=O) groups excluding carboxylic acids is 1. The van der Waals surface area contributed by atoms with Gasteiger partial charge in [0.05, 0.1) is 0 Å². The molecule has 0 aliphatic carbocycles. The molecule has 0 saturated carbocycles. The maximum atomic E-state index is 10.2. The summed E-state index contributed by atoms with van der Waals surface area (Å²) in [5, 5.41) is 0. The molecule has 0 fully saturated rings. The molecule has 0 unspecified atom stereocenters. The molecule has 3 nitrogen and oxygen atoms in total. The van der Waals surface area contributed by atoms with Crippen molar-refractivity contribution < 1.29 is 9.63 Å². The maximum Gasteiger partial charge on any atom is 0.329 e. The van der Waals surface area contributed by atoms with Crippen molar-refractivity contribution in [3.05, 3.63) is 12.3 Å². The van der Waals surface area contributed by atoms with Crippen LogP contribution in [0.4, 0.5) is 0 Å². The van der Waals surface area contributed by atoms with E-state index in [9.17, 15) is 4.79 Å². The van der Waals surface area contributed by atoms with Crippen molar-refractivity contribution in [2.24, 2.45) is 0 Å². The Morgan fingerprint density at radius 1 is 1.64 bits per heavy atom. The number of hydroxylamine groups is 1. The molecule has 0 radical (unpaired) electrons. The van der Waals surface area contributed by atoms with Gasteiger partial charge in [-0.1, -0.05) is 25.8 Å². The maximum absolute atomic E-state index is 10.2. The lowest BCUT2D eigenvalue weighted by Gasteiger charge is -1.96. The highest BCUT2D eigenvalue weighted by molar-refractivity contribution is 5.65. The van der Waals surface area contributed by atoms with E-state index in [2.05, 4.69) is 17.2 Å². The Labute approximate surface area is 67.4 Å². The first-order valence-corrected chi connectivity index (χ1v) is 3.85. The summed E-state index contributed by atoms with van der Waals surface area (Å²) < 4.78 is 0. The zero-order valence-corrected chi connectivity index (χ0v) is 7.09. The Bertz CT molecular complexity index is 132. The molecule has 0 amide bonds. The molecule has 0 aliphatic heterocycles. The Kier molecular flexibility index (Phi) is 6.48. The van der Waals surface area contributed by atoms with E-state index in [1.54, 1.807) is 6.20 Å². The second-order valence-electron chi connectivity index (χ2n) is 2.26. The molecule has 0 aliphatic rings. The van der Waals surface area contributed by atoms with Gasteiger partial charge < -0.3 is 4.84 Å². The molecule has 3 heteroatoms. The van der Waals surface area contributed by atoms with E-state index in [1.807, 2.05) is 6.08 Å². The van der Waals surface area contributed by atoms with Crippen LogP contribution in [0.15, 0.2) is 12.3 Å². The number of unbranched alkanes of at least 4 members (excludes halogenated alkanes) is 2. The first-order valence-electron chi connectivity index (χ1n) is 3.85. The van der Waals surface area contributed by atoms with Crippen LogP contribution in [0.5, 0.6) is 0 Å². The number of hydrogen-bond donors (Lipinski definition) is 1. The molecule has 0 aromatic heterocycles. The molecular weight excluding hydrogens is 142 g/mol. The first-order chi connectivity index (χ1) is 5.27. The van der Waals surface area contributed by atoms with Crippen LogP contribution in [0.25, 0.3) is 0 Å². The predicted octanol–water partition coefficient (Wildman–Crippen LogP) is 1.76. The monoisotopic (exact) mass is 157 g/mol. The third kappa shape index (κ3) is 9.01. The second kappa shape index (κ2) is 7.12. The summed E-state index contributed by atoms with van der Waals surface area (Å²) in [4.78, 5) is 14.7. The van der Waals surface area contributed by atoms with Crippen LogP contribution in [0.2, 0.25) is 0 Å². The number of nitrogens with one attached hydrogen (secondary N) is 1. The van der Waals surface area contributed by atoms with Gasteiger partial charge in [-0.15, -0.1) is 0 Å². The molecule has 0 spiro atoms. The van der Waals surface area contributed by atoms with E-state index in [-0.39, 0.29) is 5.97 Å². The third-order valence-electron chi connectivity index (χ3n) is 1.11. The molecule has 0 bridgehead atoms. The molecular formula is C8H15NO2. The van der Waals surface area contributed by atoms with Crippen LogP contribution in [-0.2, 0) is 9.63 Å².